The standard InChI is InChI=1S/C40H45NO/c1-24(2)19-25-11-12-29-27(20-25)21-33-37-36-31(15-18-41-37)30-10-8-9-28(26-13-16-40(6,7)17-14-26)32(30)22-35(36)42-38(33)34(29)23-39(3,4)5/h8-12,15,18,20-22,24,26H,13-14,16-17,19,23H2,1-7H3. The molecule has 0 unspecified atom stereocenters. The molecule has 0 spiro atoms. The lowest BCUT2D eigenvalue weighted by molar-refractivity contribution is 0.225. The lowest BCUT2D eigenvalue weighted by Crippen LogP contribution is -2.20. The van der Waals surface area contributed by atoms with Crippen LogP contribution in [-0.4, -0.2) is 4.98 Å². The van der Waals surface area contributed by atoms with Crippen LogP contribution in [0.5, 0.6) is 11.5 Å². The van der Waals surface area contributed by atoms with Crippen LogP contribution in [0.15, 0.2) is 60.8 Å². The van der Waals surface area contributed by atoms with Crippen LogP contribution in [0.2, 0.25) is 0 Å². The Morgan fingerprint density at radius 1 is 0.905 bits per heavy atom. The van der Waals surface area contributed by atoms with Crippen molar-refractivity contribution in [3.63, 3.8) is 0 Å². The van der Waals surface area contributed by atoms with E-state index in [1.54, 1.807) is 0 Å². The molecule has 2 heterocycles. The minimum Gasteiger partial charge on any atom is -0.456 e. The highest BCUT2D eigenvalue weighted by Gasteiger charge is 2.31. The zero-order chi connectivity index (χ0) is 29.4. The van der Waals surface area contributed by atoms with Crippen molar-refractivity contribution < 1.29 is 4.74 Å². The van der Waals surface area contributed by atoms with Gasteiger partial charge in [-0.2, -0.15) is 0 Å². The fourth-order valence-electron chi connectivity index (χ4n) is 7.69. The molecular weight excluding hydrogens is 510 g/mol. The smallest absolute Gasteiger partial charge is 0.140 e. The third-order valence-corrected chi connectivity index (χ3v) is 9.76. The van der Waals surface area contributed by atoms with Gasteiger partial charge in [-0.05, 0) is 117 Å². The average molecular weight is 556 g/mol. The molecular formula is C40H45NO. The number of rotatable bonds is 4. The van der Waals surface area contributed by atoms with Gasteiger partial charge in [-0.1, -0.05) is 84.9 Å². The molecule has 4 aromatic carbocycles. The van der Waals surface area contributed by atoms with Gasteiger partial charge in [0.05, 0.1) is 11.1 Å². The van der Waals surface area contributed by atoms with Crippen LogP contribution in [0.3, 0.4) is 0 Å². The molecule has 1 aromatic heterocycles. The molecule has 2 nitrogen and oxygen atoms in total. The molecule has 1 aliphatic heterocycles. The molecule has 0 bridgehead atoms. The summed E-state index contributed by atoms with van der Waals surface area (Å²) in [5, 5.41) is 7.67. The number of nitrogens with zero attached hydrogens (tertiary/aromatic N) is 1. The number of fused-ring (bicyclic) bond motifs is 5. The predicted octanol–water partition coefficient (Wildman–Crippen LogP) is 11.8. The molecule has 1 saturated carbocycles. The van der Waals surface area contributed by atoms with Gasteiger partial charge in [0.2, 0.25) is 0 Å². The molecule has 2 aliphatic rings. The van der Waals surface area contributed by atoms with Gasteiger partial charge in [-0.3, -0.25) is 4.98 Å². The second-order valence-electron chi connectivity index (χ2n) is 15.6. The summed E-state index contributed by atoms with van der Waals surface area (Å²) in [5.41, 5.74) is 6.95. The Morgan fingerprint density at radius 3 is 2.43 bits per heavy atom. The van der Waals surface area contributed by atoms with Crippen molar-refractivity contribution in [1.82, 2.24) is 4.98 Å². The van der Waals surface area contributed by atoms with Crippen LogP contribution >= 0.6 is 0 Å². The van der Waals surface area contributed by atoms with E-state index in [1.165, 1.54) is 69.3 Å². The average Bonchev–Trinajstić information content (AvgIpc) is 2.92. The monoisotopic (exact) mass is 555 g/mol. The summed E-state index contributed by atoms with van der Waals surface area (Å²) in [4.78, 5) is 5.05. The topological polar surface area (TPSA) is 22.1 Å². The van der Waals surface area contributed by atoms with Gasteiger partial charge in [0, 0.05) is 17.3 Å². The Labute approximate surface area is 251 Å². The van der Waals surface area contributed by atoms with Gasteiger partial charge in [0.15, 0.2) is 0 Å². The lowest BCUT2D eigenvalue weighted by atomic mass is 9.70. The Morgan fingerprint density at radius 2 is 1.69 bits per heavy atom. The number of benzene rings is 4. The summed E-state index contributed by atoms with van der Waals surface area (Å²) < 4.78 is 7.07. The SMILES string of the molecule is CC(C)Cc1ccc2c(CC(C)(C)C)c3c(cc2c1)-c1nccc2c1c(cc1c(C4CCC(C)(C)CC4)cccc12)O3. The van der Waals surface area contributed by atoms with Gasteiger partial charge in [-0.15, -0.1) is 0 Å². The summed E-state index contributed by atoms with van der Waals surface area (Å²) in [7, 11) is 0. The van der Waals surface area contributed by atoms with E-state index in [2.05, 4.69) is 103 Å². The summed E-state index contributed by atoms with van der Waals surface area (Å²) in [5.74, 6) is 3.18. The van der Waals surface area contributed by atoms with E-state index in [9.17, 15) is 0 Å². The van der Waals surface area contributed by atoms with E-state index < -0.39 is 0 Å². The van der Waals surface area contributed by atoms with Crippen LogP contribution < -0.4 is 4.74 Å². The molecule has 42 heavy (non-hydrogen) atoms. The van der Waals surface area contributed by atoms with Gasteiger partial charge >= 0.3 is 0 Å². The summed E-state index contributed by atoms with van der Waals surface area (Å²) in [6.07, 6.45) is 9.12. The highest BCUT2D eigenvalue weighted by Crippen LogP contribution is 2.53. The van der Waals surface area contributed by atoms with Crippen molar-refractivity contribution in [2.24, 2.45) is 16.7 Å². The zero-order valence-corrected chi connectivity index (χ0v) is 26.5. The molecule has 7 rings (SSSR count). The van der Waals surface area contributed by atoms with E-state index in [-0.39, 0.29) is 5.41 Å². The Kier molecular flexibility index (Phi) is 6.42. The van der Waals surface area contributed by atoms with E-state index in [4.69, 9.17) is 9.72 Å². The predicted molar refractivity (Wildman–Crippen MR) is 179 cm³/mol. The summed E-state index contributed by atoms with van der Waals surface area (Å²) >= 11 is 0. The van der Waals surface area contributed by atoms with Gasteiger partial charge in [0.1, 0.15) is 11.5 Å². The largest absolute Gasteiger partial charge is 0.456 e. The van der Waals surface area contributed by atoms with Gasteiger partial charge < -0.3 is 4.74 Å². The molecule has 216 valence electrons. The maximum Gasteiger partial charge on any atom is 0.140 e. The summed E-state index contributed by atoms with van der Waals surface area (Å²) in [6, 6.07) is 20.9. The minimum absolute atomic E-state index is 0.118. The molecule has 5 aromatic rings. The quantitative estimate of drug-likeness (QED) is 0.202. The van der Waals surface area contributed by atoms with Crippen molar-refractivity contribution in [3.8, 4) is 22.8 Å². The molecule has 0 saturated heterocycles. The Hall–Kier alpha value is -3.39. The molecule has 0 amide bonds. The first kappa shape index (κ1) is 27.4. The molecule has 0 N–H and O–H groups in total. The van der Waals surface area contributed by atoms with Crippen LogP contribution in [0.25, 0.3) is 43.6 Å². The fourth-order valence-corrected chi connectivity index (χ4v) is 7.69. The zero-order valence-electron chi connectivity index (χ0n) is 26.5. The Bertz CT molecular complexity index is 1840. The van der Waals surface area contributed by atoms with Crippen LogP contribution in [0, 0.1) is 16.7 Å². The van der Waals surface area contributed by atoms with Crippen molar-refractivity contribution >= 4 is 32.3 Å². The van der Waals surface area contributed by atoms with E-state index in [1.807, 2.05) is 6.20 Å². The maximum absolute atomic E-state index is 7.07. The number of hydrogen-bond acceptors (Lipinski definition) is 2. The Balaban J connectivity index is 1.46. The highest BCUT2D eigenvalue weighted by molar-refractivity contribution is 6.17. The van der Waals surface area contributed by atoms with Crippen molar-refractivity contribution in [1.29, 1.82) is 0 Å². The van der Waals surface area contributed by atoms with E-state index >= 15 is 0 Å². The molecule has 0 atom stereocenters. The van der Waals surface area contributed by atoms with Crippen LogP contribution in [-0.2, 0) is 12.8 Å². The second kappa shape index (κ2) is 9.83. The van der Waals surface area contributed by atoms with Crippen LogP contribution in [0.4, 0.5) is 0 Å². The first-order valence-corrected chi connectivity index (χ1v) is 16.1. The normalized spacial score (nSPS) is 16.8. The number of ether oxygens (including phenoxy) is 1. The summed E-state index contributed by atoms with van der Waals surface area (Å²) in [6.45, 7) is 16.4. The lowest BCUT2D eigenvalue weighted by Gasteiger charge is -2.35. The van der Waals surface area contributed by atoms with Gasteiger partial charge in [0.25, 0.3) is 0 Å². The first-order valence-electron chi connectivity index (χ1n) is 16.1. The first-order chi connectivity index (χ1) is 20.0. The minimum atomic E-state index is 0.118. The van der Waals surface area contributed by atoms with E-state index in [0.717, 1.165) is 41.0 Å². The number of aromatic nitrogens is 1. The van der Waals surface area contributed by atoms with Crippen molar-refractivity contribution in [2.45, 2.75) is 92.9 Å². The van der Waals surface area contributed by atoms with Crippen molar-refractivity contribution in [2.75, 3.05) is 0 Å². The maximum atomic E-state index is 7.07. The van der Waals surface area contributed by atoms with Crippen LogP contribution in [0.1, 0.15) is 96.8 Å². The highest BCUT2D eigenvalue weighted by atomic mass is 16.5. The molecule has 2 heteroatoms. The third kappa shape index (κ3) is 4.77. The molecule has 0 radical (unpaired) electrons. The molecule has 1 aliphatic carbocycles. The third-order valence-electron chi connectivity index (χ3n) is 9.76. The van der Waals surface area contributed by atoms with Gasteiger partial charge in [-0.25, -0.2) is 0 Å². The number of hydrogen-bond donors (Lipinski definition) is 0. The fraction of sp³-hybridized carbons (Fsp3) is 0.425. The molecule has 1 fully saturated rings. The number of pyridine rings is 1. The second-order valence-corrected chi connectivity index (χ2v) is 15.6. The van der Waals surface area contributed by atoms with E-state index in [0.29, 0.717) is 17.3 Å². The van der Waals surface area contributed by atoms with Crippen molar-refractivity contribution in [3.05, 3.63) is 77.5 Å².